The van der Waals surface area contributed by atoms with Crippen molar-refractivity contribution in [1.29, 1.82) is 0 Å². The van der Waals surface area contributed by atoms with Gasteiger partial charge in [-0.1, -0.05) is 54.7 Å². The van der Waals surface area contributed by atoms with Gasteiger partial charge in [0.25, 0.3) is 5.56 Å². The summed E-state index contributed by atoms with van der Waals surface area (Å²) in [5.41, 5.74) is 3.25. The number of para-hydroxylation sites is 1. The number of rotatable bonds is 10. The molecule has 0 aliphatic rings. The van der Waals surface area contributed by atoms with Gasteiger partial charge in [0, 0.05) is 17.3 Å². The van der Waals surface area contributed by atoms with Gasteiger partial charge in [0.05, 0.1) is 23.4 Å². The van der Waals surface area contributed by atoms with Crippen LogP contribution >= 0.6 is 11.3 Å². The number of hydrogen-bond acceptors (Lipinski definition) is 7. The summed E-state index contributed by atoms with van der Waals surface area (Å²) in [6.45, 7) is 4.95. The summed E-state index contributed by atoms with van der Waals surface area (Å²) in [5, 5.41) is 9.16. The fourth-order valence-electron chi connectivity index (χ4n) is 4.48. The Kier molecular flexibility index (Phi) is 8.10. The third-order valence-corrected chi connectivity index (χ3v) is 7.49. The Balaban J connectivity index is 1.35. The first kappa shape index (κ1) is 28.0. The van der Waals surface area contributed by atoms with E-state index in [4.69, 9.17) is 14.6 Å². The molecular weight excluding hydrogens is 565 g/mol. The summed E-state index contributed by atoms with van der Waals surface area (Å²) in [6, 6.07) is 22.1. The smallest absolute Gasteiger partial charge is 0.291 e. The second-order valence-corrected chi connectivity index (χ2v) is 10.6. The molecule has 0 aliphatic carbocycles. The van der Waals surface area contributed by atoms with E-state index in [0.29, 0.717) is 45.4 Å². The van der Waals surface area contributed by atoms with Crippen molar-refractivity contribution in [2.24, 2.45) is 0 Å². The number of thiazole rings is 1. The first-order valence-electron chi connectivity index (χ1n) is 13.9. The normalized spacial score (nSPS) is 12.0. The van der Waals surface area contributed by atoms with Crippen molar-refractivity contribution in [2.45, 2.75) is 20.3 Å². The van der Waals surface area contributed by atoms with Crippen LogP contribution in [0.15, 0.2) is 83.8 Å². The van der Waals surface area contributed by atoms with Gasteiger partial charge in [0.1, 0.15) is 11.4 Å². The molecule has 10 heteroatoms. The Hall–Kier alpha value is -5.09. The van der Waals surface area contributed by atoms with Gasteiger partial charge in [0.15, 0.2) is 17.4 Å². The highest BCUT2D eigenvalue weighted by atomic mass is 32.1. The monoisotopic (exact) mass is 593 g/mol. The molecule has 3 aromatic heterocycles. The van der Waals surface area contributed by atoms with Crippen LogP contribution in [0.5, 0.6) is 11.5 Å². The summed E-state index contributed by atoms with van der Waals surface area (Å²) in [5.74, 6) is 0.960. The van der Waals surface area contributed by atoms with E-state index >= 15 is 0 Å². The zero-order valence-corrected chi connectivity index (χ0v) is 24.4. The highest BCUT2D eigenvalue weighted by Crippen LogP contribution is 2.29. The molecule has 3 heterocycles. The summed E-state index contributed by atoms with van der Waals surface area (Å²) < 4.78 is 29.4. The van der Waals surface area contributed by atoms with Crippen molar-refractivity contribution in [2.75, 3.05) is 13.2 Å². The third kappa shape index (κ3) is 6.09. The van der Waals surface area contributed by atoms with E-state index in [2.05, 4.69) is 10.1 Å². The average molecular weight is 594 g/mol. The predicted octanol–water partition coefficient (Wildman–Crippen LogP) is 6.05. The molecule has 0 unspecified atom stereocenters. The molecule has 216 valence electrons. The Labute approximate surface area is 251 Å². The van der Waals surface area contributed by atoms with Gasteiger partial charge in [-0.2, -0.15) is 14.6 Å². The van der Waals surface area contributed by atoms with Crippen LogP contribution in [0.3, 0.4) is 0 Å². The first-order valence-corrected chi connectivity index (χ1v) is 14.7. The Morgan fingerprint density at radius 3 is 2.49 bits per heavy atom. The van der Waals surface area contributed by atoms with Gasteiger partial charge in [-0.3, -0.25) is 4.79 Å². The predicted molar refractivity (Wildman–Crippen MR) is 167 cm³/mol. The zero-order valence-electron chi connectivity index (χ0n) is 23.6. The summed E-state index contributed by atoms with van der Waals surface area (Å²) >= 11 is 1.23. The van der Waals surface area contributed by atoms with Gasteiger partial charge >= 0.3 is 0 Å². The van der Waals surface area contributed by atoms with Gasteiger partial charge in [-0.05, 0) is 73.5 Å². The number of nitrogens with zero attached hydrogens (tertiary/aromatic N) is 5. The van der Waals surface area contributed by atoms with Crippen molar-refractivity contribution >= 4 is 34.5 Å². The topological polar surface area (TPSA) is 83.5 Å². The zero-order chi connectivity index (χ0) is 29.8. The van der Waals surface area contributed by atoms with Gasteiger partial charge < -0.3 is 9.47 Å². The number of benzene rings is 3. The largest absolute Gasteiger partial charge is 0.494 e. The lowest BCUT2D eigenvalue weighted by Crippen LogP contribution is -2.23. The van der Waals surface area contributed by atoms with Crippen LogP contribution in [0, 0.1) is 5.82 Å². The Morgan fingerprint density at radius 2 is 1.77 bits per heavy atom. The van der Waals surface area contributed by atoms with Crippen molar-refractivity contribution in [3.05, 3.63) is 117 Å². The molecule has 0 spiro atoms. The second kappa shape index (κ2) is 12.4. The van der Waals surface area contributed by atoms with Gasteiger partial charge in [0.2, 0.25) is 4.96 Å². The summed E-state index contributed by atoms with van der Waals surface area (Å²) in [4.78, 5) is 18.3. The Morgan fingerprint density at radius 1 is 0.953 bits per heavy atom. The number of aromatic nitrogens is 5. The minimum absolute atomic E-state index is 0.193. The molecule has 0 atom stereocenters. The molecule has 6 rings (SSSR count). The molecule has 0 saturated heterocycles. The molecular formula is C33H28FN5O3S. The van der Waals surface area contributed by atoms with Gasteiger partial charge in [-0.15, -0.1) is 5.10 Å². The van der Waals surface area contributed by atoms with Crippen LogP contribution in [0.25, 0.3) is 40.1 Å². The van der Waals surface area contributed by atoms with E-state index < -0.39 is 5.82 Å². The van der Waals surface area contributed by atoms with Gasteiger partial charge in [-0.25, -0.2) is 9.07 Å². The standard InChI is InChI=1S/C33H28FN5O3S/c1-3-18-42-28-16-13-23(19-27(28)34)31-24(21-38(37-31)25-8-6-5-7-9-25)20-29-32(40)39-33(43-29)35-30(36-39)17-12-22-10-14-26(15-11-22)41-4-2/h5-17,19-21H,3-4,18H2,1-2H3/b17-12+,29-20-. The van der Waals surface area contributed by atoms with E-state index in [1.54, 1.807) is 29.0 Å². The number of ether oxygens (including phenoxy) is 2. The second-order valence-electron chi connectivity index (χ2n) is 9.62. The van der Waals surface area contributed by atoms with E-state index in [1.807, 2.05) is 80.7 Å². The van der Waals surface area contributed by atoms with Crippen molar-refractivity contribution in [3.8, 4) is 28.4 Å². The van der Waals surface area contributed by atoms with Crippen molar-refractivity contribution < 1.29 is 13.9 Å². The molecule has 8 nitrogen and oxygen atoms in total. The minimum atomic E-state index is -0.472. The summed E-state index contributed by atoms with van der Waals surface area (Å²) in [7, 11) is 0. The maximum Gasteiger partial charge on any atom is 0.291 e. The van der Waals surface area contributed by atoms with E-state index in [-0.39, 0.29) is 11.3 Å². The minimum Gasteiger partial charge on any atom is -0.494 e. The molecule has 6 aromatic rings. The van der Waals surface area contributed by atoms with Crippen LogP contribution in [-0.4, -0.2) is 37.6 Å². The maximum absolute atomic E-state index is 14.9. The third-order valence-electron chi connectivity index (χ3n) is 6.53. The molecule has 0 bridgehead atoms. The average Bonchev–Trinajstić information content (AvgIpc) is 3.71. The van der Waals surface area contributed by atoms with Crippen LogP contribution in [0.2, 0.25) is 0 Å². The van der Waals surface area contributed by atoms with Crippen LogP contribution in [-0.2, 0) is 0 Å². The van der Waals surface area contributed by atoms with Crippen molar-refractivity contribution in [1.82, 2.24) is 24.4 Å². The highest BCUT2D eigenvalue weighted by Gasteiger charge is 2.16. The molecule has 3 aromatic carbocycles. The molecule has 0 radical (unpaired) electrons. The Bertz CT molecular complexity index is 2010. The molecule has 43 heavy (non-hydrogen) atoms. The highest BCUT2D eigenvalue weighted by molar-refractivity contribution is 7.15. The molecule has 0 fully saturated rings. The van der Waals surface area contributed by atoms with E-state index in [9.17, 15) is 9.18 Å². The first-order chi connectivity index (χ1) is 21.0. The number of hydrogen-bond donors (Lipinski definition) is 0. The van der Waals surface area contributed by atoms with Crippen LogP contribution < -0.4 is 19.6 Å². The van der Waals surface area contributed by atoms with Crippen LogP contribution in [0.4, 0.5) is 4.39 Å². The summed E-state index contributed by atoms with van der Waals surface area (Å²) in [6.07, 6.45) is 8.00. The number of halogens is 1. The van der Waals surface area contributed by atoms with Crippen molar-refractivity contribution in [3.63, 3.8) is 0 Å². The fourth-order valence-corrected chi connectivity index (χ4v) is 5.39. The molecule has 0 N–H and O–H groups in total. The maximum atomic E-state index is 14.9. The van der Waals surface area contributed by atoms with Crippen LogP contribution in [0.1, 0.15) is 37.2 Å². The number of fused-ring (bicyclic) bond motifs is 1. The fraction of sp³-hybridized carbons (Fsp3) is 0.152. The SMILES string of the molecule is CCCOc1ccc(-c2nn(-c3ccccc3)cc2/C=c2\sc3nc(/C=C/c4ccc(OCC)cc4)nn3c2=O)cc1F. The molecule has 0 saturated carbocycles. The lowest BCUT2D eigenvalue weighted by molar-refractivity contribution is 0.301. The quantitative estimate of drug-likeness (QED) is 0.192. The van der Waals surface area contributed by atoms with E-state index in [0.717, 1.165) is 23.4 Å². The van der Waals surface area contributed by atoms with E-state index in [1.165, 1.54) is 21.9 Å². The lowest BCUT2D eigenvalue weighted by Gasteiger charge is -2.07. The lowest BCUT2D eigenvalue weighted by atomic mass is 10.1. The molecule has 0 amide bonds. The molecule has 0 aliphatic heterocycles.